The second-order valence-electron chi connectivity index (χ2n) is 4.45. The van der Waals surface area contributed by atoms with Gasteiger partial charge in [0.1, 0.15) is 5.75 Å². The van der Waals surface area contributed by atoms with Crippen LogP contribution in [-0.4, -0.2) is 27.6 Å². The molecule has 0 amide bonds. The first kappa shape index (κ1) is 14.9. The summed E-state index contributed by atoms with van der Waals surface area (Å²) in [4.78, 5) is 0. The molecule has 20 heavy (non-hydrogen) atoms. The van der Waals surface area contributed by atoms with Gasteiger partial charge in [-0.25, -0.2) is 0 Å². The average Bonchev–Trinajstić information content (AvgIpc) is 2.90. The summed E-state index contributed by atoms with van der Waals surface area (Å²) < 4.78 is 7.57. The summed E-state index contributed by atoms with van der Waals surface area (Å²) in [7, 11) is 1.68. The molecule has 2 aromatic rings. The lowest BCUT2D eigenvalue weighted by molar-refractivity contribution is 0.416. The average molecular weight is 291 g/mol. The van der Waals surface area contributed by atoms with Crippen molar-refractivity contribution in [2.45, 2.75) is 38.4 Å². The highest BCUT2D eigenvalue weighted by molar-refractivity contribution is 7.99. The molecule has 5 heteroatoms. The number of thioether (sulfide) groups is 1. The molecule has 108 valence electrons. The number of nitrogens with zero attached hydrogens (tertiary/aromatic N) is 3. The molecular formula is C15H21N3OS. The number of para-hydroxylation sites is 1. The number of rotatable bonds is 7. The van der Waals surface area contributed by atoms with Gasteiger partial charge < -0.3 is 9.30 Å². The maximum atomic E-state index is 5.42. The molecule has 0 radical (unpaired) electrons. The topological polar surface area (TPSA) is 39.9 Å². The van der Waals surface area contributed by atoms with Crippen molar-refractivity contribution in [2.24, 2.45) is 0 Å². The third-order valence-electron chi connectivity index (χ3n) is 3.11. The van der Waals surface area contributed by atoms with Crippen LogP contribution in [0.3, 0.4) is 0 Å². The van der Waals surface area contributed by atoms with Gasteiger partial charge in [0, 0.05) is 12.3 Å². The van der Waals surface area contributed by atoms with E-state index in [9.17, 15) is 0 Å². The Balaban J connectivity index is 2.32. The summed E-state index contributed by atoms with van der Waals surface area (Å²) in [6.45, 7) is 5.17. The summed E-state index contributed by atoms with van der Waals surface area (Å²) in [6.07, 6.45) is 2.40. The number of benzene rings is 1. The minimum atomic E-state index is 0.833. The lowest BCUT2D eigenvalue weighted by Crippen LogP contribution is -2.01. The molecule has 0 aliphatic heterocycles. The Kier molecular flexibility index (Phi) is 5.47. The number of aromatic nitrogens is 3. The predicted molar refractivity (Wildman–Crippen MR) is 83.3 cm³/mol. The standard InChI is InChI=1S/C15H21N3OS/c1-4-6-11-20-15-17-16-14(18(15)5-2)12-9-7-8-10-13(12)19-3/h7-10H,4-6,11H2,1-3H3. The van der Waals surface area contributed by atoms with Crippen molar-refractivity contribution >= 4 is 11.8 Å². The van der Waals surface area contributed by atoms with Crippen LogP contribution in [0.25, 0.3) is 11.4 Å². The second-order valence-corrected chi connectivity index (χ2v) is 5.51. The fraction of sp³-hybridized carbons (Fsp3) is 0.467. The Morgan fingerprint density at radius 3 is 2.70 bits per heavy atom. The zero-order valence-corrected chi connectivity index (χ0v) is 13.1. The van der Waals surface area contributed by atoms with Crippen LogP contribution in [0.5, 0.6) is 5.75 Å². The Labute approximate surface area is 124 Å². The quantitative estimate of drug-likeness (QED) is 0.573. The van der Waals surface area contributed by atoms with Crippen LogP contribution in [0.15, 0.2) is 29.4 Å². The molecule has 1 aromatic heterocycles. The Morgan fingerprint density at radius 2 is 2.00 bits per heavy atom. The maximum Gasteiger partial charge on any atom is 0.191 e. The monoisotopic (exact) mass is 291 g/mol. The highest BCUT2D eigenvalue weighted by atomic mass is 32.2. The molecular weight excluding hydrogens is 270 g/mol. The number of ether oxygens (including phenoxy) is 1. The molecule has 0 aliphatic carbocycles. The first-order chi connectivity index (χ1) is 9.81. The van der Waals surface area contributed by atoms with Crippen molar-refractivity contribution < 1.29 is 4.74 Å². The van der Waals surface area contributed by atoms with Crippen LogP contribution in [0, 0.1) is 0 Å². The summed E-state index contributed by atoms with van der Waals surface area (Å²) in [5.74, 6) is 2.80. The fourth-order valence-corrected chi connectivity index (χ4v) is 3.10. The van der Waals surface area contributed by atoms with E-state index >= 15 is 0 Å². The van der Waals surface area contributed by atoms with E-state index in [2.05, 4.69) is 28.6 Å². The molecule has 0 atom stereocenters. The van der Waals surface area contributed by atoms with E-state index in [0.717, 1.165) is 34.6 Å². The molecule has 0 aliphatic rings. The van der Waals surface area contributed by atoms with Gasteiger partial charge in [-0.15, -0.1) is 10.2 Å². The summed E-state index contributed by atoms with van der Waals surface area (Å²) in [6, 6.07) is 7.94. The highest BCUT2D eigenvalue weighted by Crippen LogP contribution is 2.30. The number of hydrogen-bond donors (Lipinski definition) is 0. The molecule has 0 saturated heterocycles. The maximum absolute atomic E-state index is 5.42. The van der Waals surface area contributed by atoms with Gasteiger partial charge in [0.2, 0.25) is 0 Å². The molecule has 0 saturated carbocycles. The molecule has 4 nitrogen and oxygen atoms in total. The number of methoxy groups -OCH3 is 1. The molecule has 0 N–H and O–H groups in total. The molecule has 2 rings (SSSR count). The zero-order valence-electron chi connectivity index (χ0n) is 12.3. The summed E-state index contributed by atoms with van der Waals surface area (Å²) >= 11 is 1.77. The van der Waals surface area contributed by atoms with E-state index in [1.807, 2.05) is 24.3 Å². The Morgan fingerprint density at radius 1 is 1.20 bits per heavy atom. The number of hydrogen-bond acceptors (Lipinski definition) is 4. The van der Waals surface area contributed by atoms with Crippen LogP contribution in [-0.2, 0) is 6.54 Å². The summed E-state index contributed by atoms with van der Waals surface area (Å²) in [5, 5.41) is 9.68. The third kappa shape index (κ3) is 3.15. The van der Waals surface area contributed by atoms with Crippen molar-refractivity contribution in [3.63, 3.8) is 0 Å². The normalized spacial score (nSPS) is 10.8. The van der Waals surface area contributed by atoms with Crippen molar-refractivity contribution in [2.75, 3.05) is 12.9 Å². The van der Waals surface area contributed by atoms with E-state index < -0.39 is 0 Å². The van der Waals surface area contributed by atoms with E-state index in [-0.39, 0.29) is 0 Å². The Hall–Kier alpha value is -1.49. The Bertz CT molecular complexity index is 554. The largest absolute Gasteiger partial charge is 0.496 e. The molecule has 1 heterocycles. The van der Waals surface area contributed by atoms with Gasteiger partial charge in [0.15, 0.2) is 11.0 Å². The summed E-state index contributed by atoms with van der Waals surface area (Å²) in [5.41, 5.74) is 0.992. The minimum Gasteiger partial charge on any atom is -0.496 e. The van der Waals surface area contributed by atoms with Crippen molar-refractivity contribution in [3.8, 4) is 17.1 Å². The van der Waals surface area contributed by atoms with Gasteiger partial charge in [0.25, 0.3) is 0 Å². The van der Waals surface area contributed by atoms with Gasteiger partial charge in [-0.05, 0) is 25.5 Å². The lowest BCUT2D eigenvalue weighted by Gasteiger charge is -2.10. The van der Waals surface area contributed by atoms with E-state index in [1.165, 1.54) is 12.8 Å². The van der Waals surface area contributed by atoms with E-state index in [1.54, 1.807) is 18.9 Å². The van der Waals surface area contributed by atoms with Crippen LogP contribution >= 0.6 is 11.8 Å². The zero-order chi connectivity index (χ0) is 14.4. The first-order valence-electron chi connectivity index (χ1n) is 7.01. The SMILES string of the molecule is CCCCSc1nnc(-c2ccccc2OC)n1CC. The first-order valence-corrected chi connectivity index (χ1v) is 7.99. The molecule has 0 spiro atoms. The van der Waals surface area contributed by atoms with Gasteiger partial charge >= 0.3 is 0 Å². The smallest absolute Gasteiger partial charge is 0.191 e. The van der Waals surface area contributed by atoms with Crippen molar-refractivity contribution in [1.29, 1.82) is 0 Å². The van der Waals surface area contributed by atoms with E-state index in [4.69, 9.17) is 4.74 Å². The lowest BCUT2D eigenvalue weighted by atomic mass is 10.2. The van der Waals surface area contributed by atoms with Gasteiger partial charge in [-0.2, -0.15) is 0 Å². The van der Waals surface area contributed by atoms with Crippen molar-refractivity contribution in [3.05, 3.63) is 24.3 Å². The van der Waals surface area contributed by atoms with Crippen molar-refractivity contribution in [1.82, 2.24) is 14.8 Å². The fourth-order valence-electron chi connectivity index (χ4n) is 2.02. The van der Waals surface area contributed by atoms with Crippen LogP contribution < -0.4 is 4.74 Å². The minimum absolute atomic E-state index is 0.833. The number of unbranched alkanes of at least 4 members (excludes halogenated alkanes) is 1. The predicted octanol–water partition coefficient (Wildman–Crippen LogP) is 3.87. The van der Waals surface area contributed by atoms with Crippen LogP contribution in [0.4, 0.5) is 0 Å². The van der Waals surface area contributed by atoms with E-state index in [0.29, 0.717) is 0 Å². The molecule has 0 unspecified atom stereocenters. The molecule has 0 fully saturated rings. The molecule has 1 aromatic carbocycles. The molecule has 0 bridgehead atoms. The highest BCUT2D eigenvalue weighted by Gasteiger charge is 2.15. The van der Waals surface area contributed by atoms with Gasteiger partial charge in [-0.1, -0.05) is 37.2 Å². The van der Waals surface area contributed by atoms with Gasteiger partial charge in [-0.3, -0.25) is 0 Å². The van der Waals surface area contributed by atoms with Gasteiger partial charge in [0.05, 0.1) is 12.7 Å². The van der Waals surface area contributed by atoms with Crippen LogP contribution in [0.1, 0.15) is 26.7 Å². The third-order valence-corrected chi connectivity index (χ3v) is 4.16. The second kappa shape index (κ2) is 7.33. The van der Waals surface area contributed by atoms with Crippen LogP contribution in [0.2, 0.25) is 0 Å².